The first-order chi connectivity index (χ1) is 13.7. The Morgan fingerprint density at radius 2 is 1.14 bits per heavy atom. The van der Waals surface area contributed by atoms with Gasteiger partial charge in [-0.1, -0.05) is 45.4 Å². The summed E-state index contributed by atoms with van der Waals surface area (Å²) in [6.07, 6.45) is 8.01. The molecule has 29 heavy (non-hydrogen) atoms. The van der Waals surface area contributed by atoms with Gasteiger partial charge in [-0.2, -0.15) is 0 Å². The van der Waals surface area contributed by atoms with Gasteiger partial charge in [0.05, 0.1) is 0 Å². The lowest BCUT2D eigenvalue weighted by atomic mass is 9.87. The standard InChI is InChI=1S/C22H33F5O2/c1-5-6-7-8-9-10-12-15(22(2,28-3)29-4)13-11-14-16-17(23)19(25)21(27)20(26)18(16)24/h15H,5-14H2,1-4H3. The van der Waals surface area contributed by atoms with Crippen molar-refractivity contribution in [1.29, 1.82) is 0 Å². The smallest absolute Gasteiger partial charge is 0.200 e. The number of hydrogen-bond donors (Lipinski definition) is 0. The summed E-state index contributed by atoms with van der Waals surface area (Å²) in [5.41, 5.74) is -0.767. The van der Waals surface area contributed by atoms with Gasteiger partial charge in [0.1, 0.15) is 0 Å². The van der Waals surface area contributed by atoms with E-state index in [9.17, 15) is 22.0 Å². The third-order valence-corrected chi connectivity index (χ3v) is 5.74. The minimum absolute atomic E-state index is 0.0649. The molecule has 0 aliphatic rings. The van der Waals surface area contributed by atoms with Gasteiger partial charge in [0.25, 0.3) is 0 Å². The van der Waals surface area contributed by atoms with Gasteiger partial charge in [-0.15, -0.1) is 0 Å². The number of benzene rings is 1. The molecule has 0 N–H and O–H groups in total. The second-order valence-electron chi connectivity index (χ2n) is 7.62. The van der Waals surface area contributed by atoms with Gasteiger partial charge < -0.3 is 9.47 Å². The van der Waals surface area contributed by atoms with Crippen molar-refractivity contribution in [1.82, 2.24) is 0 Å². The first kappa shape index (κ1) is 25.8. The zero-order chi connectivity index (χ0) is 22.0. The van der Waals surface area contributed by atoms with Crippen LogP contribution in [0.5, 0.6) is 0 Å². The maximum atomic E-state index is 13.9. The Hall–Kier alpha value is -1.21. The largest absolute Gasteiger partial charge is 0.353 e. The number of rotatable bonds is 14. The highest BCUT2D eigenvalue weighted by atomic mass is 19.2. The van der Waals surface area contributed by atoms with Gasteiger partial charge in [-0.25, -0.2) is 22.0 Å². The van der Waals surface area contributed by atoms with Crippen LogP contribution in [0.1, 0.15) is 77.2 Å². The number of methoxy groups -OCH3 is 2. The van der Waals surface area contributed by atoms with Crippen LogP contribution in [-0.2, 0) is 15.9 Å². The van der Waals surface area contributed by atoms with E-state index in [2.05, 4.69) is 6.92 Å². The minimum Gasteiger partial charge on any atom is -0.353 e. The van der Waals surface area contributed by atoms with E-state index in [-0.39, 0.29) is 18.8 Å². The van der Waals surface area contributed by atoms with E-state index in [1.54, 1.807) is 6.92 Å². The van der Waals surface area contributed by atoms with Crippen LogP contribution in [-0.4, -0.2) is 20.0 Å². The molecule has 168 valence electrons. The third-order valence-electron chi connectivity index (χ3n) is 5.74. The van der Waals surface area contributed by atoms with Gasteiger partial charge >= 0.3 is 0 Å². The minimum atomic E-state index is -2.13. The van der Waals surface area contributed by atoms with Crippen molar-refractivity contribution in [2.45, 2.75) is 83.8 Å². The summed E-state index contributed by atoms with van der Waals surface area (Å²) in [6.45, 7) is 3.95. The van der Waals surface area contributed by atoms with Crippen LogP contribution >= 0.6 is 0 Å². The molecule has 1 atom stereocenters. The quantitative estimate of drug-likeness (QED) is 0.104. The zero-order valence-corrected chi connectivity index (χ0v) is 17.9. The summed E-state index contributed by atoms with van der Waals surface area (Å²) in [7, 11) is 3.06. The predicted molar refractivity (Wildman–Crippen MR) is 103 cm³/mol. The fourth-order valence-electron chi connectivity index (χ4n) is 3.65. The lowest BCUT2D eigenvalue weighted by Crippen LogP contribution is -2.39. The Bertz CT molecular complexity index is 603. The van der Waals surface area contributed by atoms with E-state index in [1.165, 1.54) is 33.5 Å². The van der Waals surface area contributed by atoms with E-state index in [1.807, 2.05) is 0 Å². The van der Waals surface area contributed by atoms with Crippen molar-refractivity contribution in [3.05, 3.63) is 34.6 Å². The second kappa shape index (κ2) is 12.5. The molecule has 0 aliphatic carbocycles. The van der Waals surface area contributed by atoms with Crippen LogP contribution in [0, 0.1) is 35.0 Å². The summed E-state index contributed by atoms with van der Waals surface area (Å²) in [4.78, 5) is 0. The number of hydrogen-bond acceptors (Lipinski definition) is 2. The summed E-state index contributed by atoms with van der Waals surface area (Å²) in [6, 6.07) is 0. The Morgan fingerprint density at radius 3 is 1.66 bits per heavy atom. The molecule has 0 spiro atoms. The van der Waals surface area contributed by atoms with E-state index in [0.717, 1.165) is 25.7 Å². The van der Waals surface area contributed by atoms with Crippen LogP contribution < -0.4 is 0 Å². The molecule has 7 heteroatoms. The second-order valence-corrected chi connectivity index (χ2v) is 7.62. The molecule has 0 amide bonds. The summed E-state index contributed by atoms with van der Waals surface area (Å²) in [5, 5.41) is 0. The summed E-state index contributed by atoms with van der Waals surface area (Å²) in [5.74, 6) is -10.4. The highest BCUT2D eigenvalue weighted by Gasteiger charge is 2.34. The van der Waals surface area contributed by atoms with Crippen LogP contribution in [0.25, 0.3) is 0 Å². The summed E-state index contributed by atoms with van der Waals surface area (Å²) < 4.78 is 78.7. The first-order valence-corrected chi connectivity index (χ1v) is 10.3. The predicted octanol–water partition coefficient (Wildman–Crippen LogP) is 7.08. The molecular formula is C22H33F5O2. The van der Waals surface area contributed by atoms with E-state index < -0.39 is 40.4 Å². The molecule has 0 aliphatic heterocycles. The Kier molecular flexibility index (Phi) is 11.1. The van der Waals surface area contributed by atoms with Crippen molar-refractivity contribution in [2.24, 2.45) is 5.92 Å². The maximum absolute atomic E-state index is 13.9. The number of halogens is 5. The number of ether oxygens (including phenoxy) is 2. The van der Waals surface area contributed by atoms with Crippen LogP contribution in [0.2, 0.25) is 0 Å². The molecule has 1 aromatic rings. The fraction of sp³-hybridized carbons (Fsp3) is 0.727. The highest BCUT2D eigenvalue weighted by molar-refractivity contribution is 5.24. The lowest BCUT2D eigenvalue weighted by molar-refractivity contribution is -0.230. The average molecular weight is 424 g/mol. The van der Waals surface area contributed by atoms with Crippen molar-refractivity contribution in [2.75, 3.05) is 14.2 Å². The fourth-order valence-corrected chi connectivity index (χ4v) is 3.65. The molecule has 0 heterocycles. The molecule has 0 aromatic heterocycles. The van der Waals surface area contributed by atoms with Crippen LogP contribution in [0.15, 0.2) is 0 Å². The highest BCUT2D eigenvalue weighted by Crippen LogP contribution is 2.32. The Morgan fingerprint density at radius 1 is 0.690 bits per heavy atom. The average Bonchev–Trinajstić information content (AvgIpc) is 2.73. The van der Waals surface area contributed by atoms with E-state index in [0.29, 0.717) is 6.42 Å². The normalized spacial score (nSPS) is 13.1. The topological polar surface area (TPSA) is 18.5 Å². The molecule has 2 nitrogen and oxygen atoms in total. The Balaban J connectivity index is 2.76. The molecule has 1 rings (SSSR count). The molecule has 0 bridgehead atoms. The molecule has 0 fully saturated rings. The maximum Gasteiger partial charge on any atom is 0.200 e. The van der Waals surface area contributed by atoms with Gasteiger partial charge in [0.15, 0.2) is 29.1 Å². The Labute approximate surface area is 170 Å². The van der Waals surface area contributed by atoms with Crippen LogP contribution in [0.4, 0.5) is 22.0 Å². The monoisotopic (exact) mass is 424 g/mol. The summed E-state index contributed by atoms with van der Waals surface area (Å²) >= 11 is 0. The zero-order valence-electron chi connectivity index (χ0n) is 17.9. The first-order valence-electron chi connectivity index (χ1n) is 10.3. The lowest BCUT2D eigenvalue weighted by Gasteiger charge is -2.35. The SMILES string of the molecule is CCCCCCCCC(CCCc1c(F)c(F)c(F)c(F)c1F)C(C)(OC)OC. The molecular weight excluding hydrogens is 391 g/mol. The van der Waals surface area contributed by atoms with Crippen molar-refractivity contribution < 1.29 is 31.4 Å². The van der Waals surface area contributed by atoms with Crippen molar-refractivity contribution in [3.63, 3.8) is 0 Å². The van der Waals surface area contributed by atoms with Gasteiger partial charge in [0, 0.05) is 25.7 Å². The molecule has 0 saturated carbocycles. The van der Waals surface area contributed by atoms with Gasteiger partial charge in [0.2, 0.25) is 5.82 Å². The van der Waals surface area contributed by atoms with E-state index >= 15 is 0 Å². The van der Waals surface area contributed by atoms with Gasteiger partial charge in [-0.3, -0.25) is 0 Å². The van der Waals surface area contributed by atoms with Crippen molar-refractivity contribution in [3.8, 4) is 0 Å². The van der Waals surface area contributed by atoms with Crippen molar-refractivity contribution >= 4 is 0 Å². The molecule has 0 saturated heterocycles. The van der Waals surface area contributed by atoms with Crippen LogP contribution in [0.3, 0.4) is 0 Å². The molecule has 0 radical (unpaired) electrons. The third kappa shape index (κ3) is 6.92. The molecule has 1 aromatic carbocycles. The number of unbranched alkanes of at least 4 members (excludes halogenated alkanes) is 5. The van der Waals surface area contributed by atoms with E-state index in [4.69, 9.17) is 9.47 Å². The molecule has 1 unspecified atom stereocenters. The van der Waals surface area contributed by atoms with Gasteiger partial charge in [-0.05, 0) is 32.6 Å².